The summed E-state index contributed by atoms with van der Waals surface area (Å²) in [6.45, 7) is 0. The fraction of sp³-hybridized carbons (Fsp3) is 0. The molecule has 8 heteroatoms. The summed E-state index contributed by atoms with van der Waals surface area (Å²) in [5.74, 6) is -1.04. The molecule has 0 radical (unpaired) electrons. The van der Waals surface area contributed by atoms with Crippen molar-refractivity contribution in [3.63, 3.8) is 0 Å². The molecule has 2 N–H and O–H groups in total. The number of carbonyl (C=O) groups is 2. The van der Waals surface area contributed by atoms with E-state index in [1.807, 2.05) is 0 Å². The van der Waals surface area contributed by atoms with Gasteiger partial charge in [-0.15, -0.1) is 0 Å². The Bertz CT molecular complexity index is 606. The summed E-state index contributed by atoms with van der Waals surface area (Å²) in [4.78, 5) is 31.5. The van der Waals surface area contributed by atoms with Gasteiger partial charge in [-0.1, -0.05) is 12.1 Å². The Balaban J connectivity index is 1.98. The van der Waals surface area contributed by atoms with Gasteiger partial charge in [0.25, 0.3) is 11.8 Å². The Labute approximate surface area is 131 Å². The molecular weight excluding hydrogens is 392 g/mol. The zero-order chi connectivity index (χ0) is 14.5. The molecule has 0 aliphatic rings. The molecule has 2 aromatic rings. The molecule has 2 rings (SSSR count). The molecular formula is C12H8Br2N4O2. The lowest BCUT2D eigenvalue weighted by Crippen LogP contribution is -2.42. The first-order valence-corrected chi connectivity index (χ1v) is 7.00. The zero-order valence-corrected chi connectivity index (χ0v) is 13.1. The van der Waals surface area contributed by atoms with Gasteiger partial charge in [-0.3, -0.25) is 20.4 Å². The van der Waals surface area contributed by atoms with Crippen LogP contribution in [0.5, 0.6) is 0 Å². The van der Waals surface area contributed by atoms with Crippen molar-refractivity contribution in [3.05, 3.63) is 57.0 Å². The van der Waals surface area contributed by atoms with E-state index in [9.17, 15) is 9.59 Å². The van der Waals surface area contributed by atoms with Crippen LogP contribution in [0.3, 0.4) is 0 Å². The Morgan fingerprint density at radius 1 is 0.800 bits per heavy atom. The number of hydrazine groups is 1. The van der Waals surface area contributed by atoms with E-state index in [2.05, 4.69) is 52.7 Å². The highest BCUT2D eigenvalue weighted by molar-refractivity contribution is 9.10. The van der Waals surface area contributed by atoms with Gasteiger partial charge in [0.2, 0.25) is 0 Å². The molecule has 0 aromatic carbocycles. The molecule has 0 atom stereocenters. The SMILES string of the molecule is O=C(NNC(=O)c1cccc(Br)n1)c1cccc(Br)n1. The van der Waals surface area contributed by atoms with Crippen LogP contribution >= 0.6 is 31.9 Å². The van der Waals surface area contributed by atoms with Crippen LogP contribution in [0.15, 0.2) is 45.6 Å². The van der Waals surface area contributed by atoms with Gasteiger partial charge in [-0.05, 0) is 56.1 Å². The molecule has 0 aliphatic heterocycles. The molecule has 0 saturated carbocycles. The summed E-state index contributed by atoms with van der Waals surface area (Å²) < 4.78 is 1.07. The minimum absolute atomic E-state index is 0.182. The molecule has 0 fully saturated rings. The van der Waals surface area contributed by atoms with Crippen molar-refractivity contribution in [3.8, 4) is 0 Å². The van der Waals surface area contributed by atoms with Crippen LogP contribution in [0.2, 0.25) is 0 Å². The number of halogens is 2. The average Bonchev–Trinajstić information content (AvgIpc) is 2.44. The van der Waals surface area contributed by atoms with Gasteiger partial charge in [0, 0.05) is 0 Å². The van der Waals surface area contributed by atoms with E-state index in [0.717, 1.165) is 0 Å². The average molecular weight is 400 g/mol. The molecule has 0 spiro atoms. The van der Waals surface area contributed by atoms with Crippen LogP contribution in [0, 0.1) is 0 Å². The summed E-state index contributed by atoms with van der Waals surface area (Å²) in [5, 5.41) is 0. The first kappa shape index (κ1) is 14.6. The lowest BCUT2D eigenvalue weighted by atomic mass is 10.3. The maximum Gasteiger partial charge on any atom is 0.288 e. The molecule has 0 bridgehead atoms. The summed E-state index contributed by atoms with van der Waals surface area (Å²) in [5.41, 5.74) is 4.90. The quantitative estimate of drug-likeness (QED) is 0.598. The smallest absolute Gasteiger partial charge is 0.266 e. The highest BCUT2D eigenvalue weighted by atomic mass is 79.9. The second-order valence-corrected chi connectivity index (χ2v) is 5.22. The number of nitrogens with one attached hydrogen (secondary N) is 2. The van der Waals surface area contributed by atoms with Gasteiger partial charge in [0.05, 0.1) is 0 Å². The first-order chi connectivity index (χ1) is 9.56. The van der Waals surface area contributed by atoms with E-state index in [4.69, 9.17) is 0 Å². The Morgan fingerprint density at radius 3 is 1.55 bits per heavy atom. The first-order valence-electron chi connectivity index (χ1n) is 5.42. The molecule has 2 heterocycles. The highest BCUT2D eigenvalue weighted by Gasteiger charge is 2.11. The summed E-state index contributed by atoms with van der Waals surface area (Å²) in [6, 6.07) is 9.79. The van der Waals surface area contributed by atoms with Crippen molar-refractivity contribution in [2.24, 2.45) is 0 Å². The lowest BCUT2D eigenvalue weighted by Gasteiger charge is -2.06. The van der Waals surface area contributed by atoms with Crippen molar-refractivity contribution < 1.29 is 9.59 Å². The summed E-state index contributed by atoms with van der Waals surface area (Å²) in [6.07, 6.45) is 0. The minimum atomic E-state index is -0.519. The standard InChI is InChI=1S/C12H8Br2N4O2/c13-9-5-1-3-7(15-9)11(19)17-18-12(20)8-4-2-6-10(14)16-8/h1-6H,(H,17,19)(H,18,20). The van der Waals surface area contributed by atoms with E-state index in [1.165, 1.54) is 12.1 Å². The predicted octanol–water partition coefficient (Wildman–Crippen LogP) is 2.08. The van der Waals surface area contributed by atoms with Crippen molar-refractivity contribution in [2.45, 2.75) is 0 Å². The van der Waals surface area contributed by atoms with Gasteiger partial charge >= 0.3 is 0 Å². The van der Waals surface area contributed by atoms with E-state index >= 15 is 0 Å². The van der Waals surface area contributed by atoms with E-state index < -0.39 is 11.8 Å². The van der Waals surface area contributed by atoms with Crippen molar-refractivity contribution in [1.29, 1.82) is 0 Å². The lowest BCUT2D eigenvalue weighted by molar-refractivity contribution is 0.0841. The van der Waals surface area contributed by atoms with Crippen molar-refractivity contribution in [1.82, 2.24) is 20.8 Å². The Morgan fingerprint density at radius 2 is 1.20 bits per heavy atom. The van der Waals surface area contributed by atoms with E-state index in [1.54, 1.807) is 24.3 Å². The second-order valence-electron chi connectivity index (χ2n) is 3.60. The van der Waals surface area contributed by atoms with Crippen LogP contribution < -0.4 is 10.9 Å². The molecule has 6 nitrogen and oxygen atoms in total. The van der Waals surface area contributed by atoms with Crippen LogP contribution in [0.25, 0.3) is 0 Å². The van der Waals surface area contributed by atoms with Gasteiger partial charge in [0.1, 0.15) is 20.6 Å². The number of pyridine rings is 2. The van der Waals surface area contributed by atoms with Crippen LogP contribution in [-0.2, 0) is 0 Å². The monoisotopic (exact) mass is 398 g/mol. The van der Waals surface area contributed by atoms with Gasteiger partial charge in [-0.25, -0.2) is 9.97 Å². The number of aromatic nitrogens is 2. The third-order valence-electron chi connectivity index (χ3n) is 2.19. The molecule has 2 amide bonds. The Kier molecular flexibility index (Phi) is 4.80. The maximum absolute atomic E-state index is 11.8. The number of carbonyl (C=O) groups excluding carboxylic acids is 2. The van der Waals surface area contributed by atoms with Gasteiger partial charge in [-0.2, -0.15) is 0 Å². The minimum Gasteiger partial charge on any atom is -0.266 e. The third-order valence-corrected chi connectivity index (χ3v) is 3.07. The predicted molar refractivity (Wildman–Crippen MR) is 78.8 cm³/mol. The third kappa shape index (κ3) is 3.84. The molecule has 0 saturated heterocycles. The summed E-state index contributed by atoms with van der Waals surface area (Å²) in [7, 11) is 0. The Hall–Kier alpha value is -1.80. The molecule has 0 aliphatic carbocycles. The van der Waals surface area contributed by atoms with Crippen LogP contribution in [0.4, 0.5) is 0 Å². The molecule has 20 heavy (non-hydrogen) atoms. The van der Waals surface area contributed by atoms with E-state index in [0.29, 0.717) is 9.21 Å². The van der Waals surface area contributed by atoms with E-state index in [-0.39, 0.29) is 11.4 Å². The summed E-state index contributed by atoms with van der Waals surface area (Å²) >= 11 is 6.32. The number of amides is 2. The highest BCUT2D eigenvalue weighted by Crippen LogP contribution is 2.07. The molecule has 2 aromatic heterocycles. The fourth-order valence-corrected chi connectivity index (χ4v) is 2.00. The van der Waals surface area contributed by atoms with Crippen molar-refractivity contribution in [2.75, 3.05) is 0 Å². The molecule has 0 unspecified atom stereocenters. The normalized spacial score (nSPS) is 9.90. The zero-order valence-electron chi connectivity index (χ0n) is 9.93. The largest absolute Gasteiger partial charge is 0.288 e. The number of rotatable bonds is 2. The number of nitrogens with zero attached hydrogens (tertiary/aromatic N) is 2. The topological polar surface area (TPSA) is 84.0 Å². The van der Waals surface area contributed by atoms with Crippen molar-refractivity contribution >= 4 is 43.7 Å². The number of hydrogen-bond acceptors (Lipinski definition) is 4. The maximum atomic E-state index is 11.8. The van der Waals surface area contributed by atoms with Gasteiger partial charge in [0.15, 0.2) is 0 Å². The van der Waals surface area contributed by atoms with Crippen LogP contribution in [-0.4, -0.2) is 21.8 Å². The fourth-order valence-electron chi connectivity index (χ4n) is 1.31. The molecule has 102 valence electrons. The van der Waals surface area contributed by atoms with Gasteiger partial charge < -0.3 is 0 Å². The number of hydrogen-bond donors (Lipinski definition) is 2. The second kappa shape index (κ2) is 6.58. The van der Waals surface area contributed by atoms with Crippen LogP contribution in [0.1, 0.15) is 21.0 Å².